The molecule has 0 spiro atoms. The van der Waals surface area contributed by atoms with Crippen LogP contribution in [-0.2, 0) is 0 Å². The van der Waals surface area contributed by atoms with E-state index < -0.39 is 0 Å². The molecule has 1 unspecified atom stereocenters. The van der Waals surface area contributed by atoms with Gasteiger partial charge in [0.25, 0.3) is 0 Å². The van der Waals surface area contributed by atoms with E-state index >= 15 is 0 Å². The summed E-state index contributed by atoms with van der Waals surface area (Å²) in [6, 6.07) is 8.66. The molecule has 1 heteroatoms. The highest BCUT2D eigenvalue weighted by atomic mass is 16.3. The molecule has 1 nitrogen and oxygen atoms in total. The minimum atomic E-state index is 0.229. The molecule has 0 saturated carbocycles. The zero-order valence-electron chi connectivity index (χ0n) is 10.0. The molecule has 0 amide bonds. The predicted octanol–water partition coefficient (Wildman–Crippen LogP) is 3.69. The minimum Gasteiger partial charge on any atom is -0.396 e. The third kappa shape index (κ3) is 3.07. The van der Waals surface area contributed by atoms with Crippen molar-refractivity contribution >= 4 is 0 Å². The normalized spacial score (nSPS) is 13.1. The van der Waals surface area contributed by atoms with Crippen LogP contribution in [0.2, 0.25) is 0 Å². The van der Waals surface area contributed by atoms with Gasteiger partial charge in [0.15, 0.2) is 0 Å². The number of benzene rings is 1. The highest BCUT2D eigenvalue weighted by Crippen LogP contribution is 2.25. The molecular weight excluding hydrogens is 184 g/mol. The van der Waals surface area contributed by atoms with Crippen molar-refractivity contribution in [2.45, 2.75) is 45.4 Å². The second-order valence-corrected chi connectivity index (χ2v) is 4.27. The van der Waals surface area contributed by atoms with E-state index in [9.17, 15) is 0 Å². The van der Waals surface area contributed by atoms with Crippen molar-refractivity contribution in [1.29, 1.82) is 0 Å². The van der Waals surface area contributed by atoms with Gasteiger partial charge >= 0.3 is 0 Å². The van der Waals surface area contributed by atoms with Crippen LogP contribution in [0.3, 0.4) is 0 Å². The van der Waals surface area contributed by atoms with Gasteiger partial charge in [-0.25, -0.2) is 0 Å². The Hall–Kier alpha value is -0.820. The maximum Gasteiger partial charge on any atom is 0.0497 e. The molecule has 84 valence electrons. The highest BCUT2D eigenvalue weighted by molar-refractivity contribution is 5.28. The van der Waals surface area contributed by atoms with Gasteiger partial charge in [0.1, 0.15) is 0 Å². The monoisotopic (exact) mass is 206 g/mol. The quantitative estimate of drug-likeness (QED) is 0.779. The molecule has 1 rings (SSSR count). The smallest absolute Gasteiger partial charge is 0.0497 e. The van der Waals surface area contributed by atoms with E-state index in [0.29, 0.717) is 5.92 Å². The molecule has 0 aliphatic heterocycles. The topological polar surface area (TPSA) is 20.2 Å². The van der Waals surface area contributed by atoms with Gasteiger partial charge in [-0.15, -0.1) is 0 Å². The van der Waals surface area contributed by atoms with Gasteiger partial charge < -0.3 is 5.11 Å². The highest BCUT2D eigenvalue weighted by Gasteiger charge is 2.09. The third-order valence-corrected chi connectivity index (χ3v) is 3.21. The molecule has 1 aromatic rings. The van der Waals surface area contributed by atoms with Gasteiger partial charge in [-0.3, -0.25) is 0 Å². The average Bonchev–Trinajstić information content (AvgIpc) is 2.30. The summed E-state index contributed by atoms with van der Waals surface area (Å²) >= 11 is 0. The Balaban J connectivity index is 2.91. The summed E-state index contributed by atoms with van der Waals surface area (Å²) < 4.78 is 0. The van der Waals surface area contributed by atoms with Gasteiger partial charge in [-0.1, -0.05) is 45.0 Å². The fraction of sp³-hybridized carbons (Fsp3) is 0.571. The van der Waals surface area contributed by atoms with Crippen molar-refractivity contribution in [3.05, 3.63) is 35.4 Å². The number of aliphatic hydroxyl groups excluding tert-OH is 1. The first kappa shape index (κ1) is 12.3. The third-order valence-electron chi connectivity index (χ3n) is 3.21. The van der Waals surface area contributed by atoms with Crippen LogP contribution in [0.15, 0.2) is 24.3 Å². The second-order valence-electron chi connectivity index (χ2n) is 4.27. The van der Waals surface area contributed by atoms with Gasteiger partial charge in [-0.2, -0.15) is 0 Å². The van der Waals surface area contributed by atoms with Crippen LogP contribution in [-0.4, -0.2) is 11.7 Å². The van der Waals surface area contributed by atoms with Crippen molar-refractivity contribution < 1.29 is 5.11 Å². The minimum absolute atomic E-state index is 0.229. The molecule has 1 N–H and O–H groups in total. The Kier molecular flexibility index (Phi) is 4.83. The second kappa shape index (κ2) is 5.92. The van der Waals surface area contributed by atoms with Crippen molar-refractivity contribution in [1.82, 2.24) is 0 Å². The van der Waals surface area contributed by atoms with Crippen molar-refractivity contribution in [3.63, 3.8) is 0 Å². The Labute approximate surface area is 93.1 Å². The molecule has 0 heterocycles. The van der Waals surface area contributed by atoms with Gasteiger partial charge in [0.2, 0.25) is 0 Å². The van der Waals surface area contributed by atoms with Crippen LogP contribution < -0.4 is 0 Å². The first-order valence-corrected chi connectivity index (χ1v) is 5.93. The molecule has 0 fully saturated rings. The van der Waals surface area contributed by atoms with Crippen molar-refractivity contribution in [3.8, 4) is 0 Å². The molecule has 15 heavy (non-hydrogen) atoms. The lowest BCUT2D eigenvalue weighted by Gasteiger charge is -2.16. The molecule has 0 aliphatic carbocycles. The van der Waals surface area contributed by atoms with Gasteiger partial charge in [0.05, 0.1) is 0 Å². The van der Waals surface area contributed by atoms with Crippen molar-refractivity contribution in [2.24, 2.45) is 0 Å². The lowest BCUT2D eigenvalue weighted by molar-refractivity contribution is 0.273. The molecular formula is C14H22O. The SMILES string of the molecule is CCC(CC)c1cccc(C(C)CO)c1. The summed E-state index contributed by atoms with van der Waals surface area (Å²) in [7, 11) is 0. The maximum atomic E-state index is 9.13. The van der Waals surface area contributed by atoms with E-state index in [2.05, 4.69) is 45.0 Å². The standard InChI is InChI=1S/C14H22O/c1-4-12(5-2)14-8-6-7-13(9-14)11(3)10-15/h6-9,11-12,15H,4-5,10H2,1-3H3. The predicted molar refractivity (Wildman–Crippen MR) is 65.3 cm³/mol. The zero-order valence-corrected chi connectivity index (χ0v) is 10.0. The molecule has 1 aromatic carbocycles. The molecule has 0 aliphatic rings. The summed E-state index contributed by atoms with van der Waals surface area (Å²) in [5.74, 6) is 0.912. The van der Waals surface area contributed by atoms with E-state index in [1.807, 2.05) is 0 Å². The fourth-order valence-corrected chi connectivity index (χ4v) is 1.98. The summed E-state index contributed by atoms with van der Waals surface area (Å²) in [6.45, 7) is 6.75. The summed E-state index contributed by atoms with van der Waals surface area (Å²) in [6.07, 6.45) is 2.38. The Morgan fingerprint density at radius 1 is 1.13 bits per heavy atom. The first-order chi connectivity index (χ1) is 7.22. The summed E-state index contributed by atoms with van der Waals surface area (Å²) in [5.41, 5.74) is 2.67. The van der Waals surface area contributed by atoms with Gasteiger partial charge in [0, 0.05) is 12.5 Å². The number of hydrogen-bond acceptors (Lipinski definition) is 1. The van der Waals surface area contributed by atoms with Crippen molar-refractivity contribution in [2.75, 3.05) is 6.61 Å². The van der Waals surface area contributed by atoms with E-state index in [1.165, 1.54) is 24.0 Å². The largest absolute Gasteiger partial charge is 0.396 e. The number of rotatable bonds is 5. The lowest BCUT2D eigenvalue weighted by atomic mass is 9.90. The van der Waals surface area contributed by atoms with Gasteiger partial charge in [-0.05, 0) is 29.9 Å². The first-order valence-electron chi connectivity index (χ1n) is 5.93. The molecule has 0 saturated heterocycles. The average molecular weight is 206 g/mol. The summed E-state index contributed by atoms with van der Waals surface area (Å²) in [5, 5.41) is 9.13. The number of hydrogen-bond donors (Lipinski definition) is 1. The molecule has 0 radical (unpaired) electrons. The van der Waals surface area contributed by atoms with Crippen LogP contribution in [0.4, 0.5) is 0 Å². The lowest BCUT2D eigenvalue weighted by Crippen LogP contribution is -2.01. The zero-order chi connectivity index (χ0) is 11.3. The van der Waals surface area contributed by atoms with E-state index in [-0.39, 0.29) is 12.5 Å². The Bertz CT molecular complexity index is 289. The summed E-state index contributed by atoms with van der Waals surface area (Å²) in [4.78, 5) is 0. The molecule has 0 bridgehead atoms. The van der Waals surface area contributed by atoms with Crippen LogP contribution in [0.25, 0.3) is 0 Å². The Morgan fingerprint density at radius 3 is 2.27 bits per heavy atom. The van der Waals surface area contributed by atoms with E-state index in [0.717, 1.165) is 0 Å². The van der Waals surface area contributed by atoms with Crippen LogP contribution in [0, 0.1) is 0 Å². The van der Waals surface area contributed by atoms with Crippen LogP contribution in [0.5, 0.6) is 0 Å². The van der Waals surface area contributed by atoms with Crippen LogP contribution in [0.1, 0.15) is 56.6 Å². The molecule has 0 aromatic heterocycles. The maximum absolute atomic E-state index is 9.13. The van der Waals surface area contributed by atoms with E-state index in [4.69, 9.17) is 5.11 Å². The van der Waals surface area contributed by atoms with Crippen LogP contribution >= 0.6 is 0 Å². The fourth-order valence-electron chi connectivity index (χ4n) is 1.98. The van der Waals surface area contributed by atoms with E-state index in [1.54, 1.807) is 0 Å². The Morgan fingerprint density at radius 2 is 1.73 bits per heavy atom. The molecule has 1 atom stereocenters. The number of aliphatic hydroxyl groups is 1.